The van der Waals surface area contributed by atoms with Gasteiger partial charge in [-0.15, -0.1) is 0 Å². The summed E-state index contributed by atoms with van der Waals surface area (Å²) in [5.41, 5.74) is 1.48. The van der Waals surface area contributed by atoms with Gasteiger partial charge in [0.25, 0.3) is 5.91 Å². The molecular formula is C24H25F3N2O4. The number of alkyl halides is 3. The summed E-state index contributed by atoms with van der Waals surface area (Å²) < 4.78 is 51.3. The molecule has 176 valence electrons. The second kappa shape index (κ2) is 8.96. The first-order valence-electron chi connectivity index (χ1n) is 10.9. The molecule has 9 heteroatoms. The Morgan fingerprint density at radius 3 is 2.58 bits per heavy atom. The van der Waals surface area contributed by atoms with Gasteiger partial charge in [-0.1, -0.05) is 12.1 Å². The fraction of sp³-hybridized carbons (Fsp3) is 0.417. The molecule has 1 aliphatic rings. The highest BCUT2D eigenvalue weighted by Gasteiger charge is 2.32. The first-order chi connectivity index (χ1) is 15.7. The highest BCUT2D eigenvalue weighted by molar-refractivity contribution is 5.98. The van der Waals surface area contributed by atoms with E-state index in [0.717, 1.165) is 12.1 Å². The zero-order valence-electron chi connectivity index (χ0n) is 18.4. The zero-order chi connectivity index (χ0) is 23.8. The maximum Gasteiger partial charge on any atom is 0.416 e. The van der Waals surface area contributed by atoms with Crippen LogP contribution in [0.25, 0.3) is 11.1 Å². The number of hydrogen-bond acceptors (Lipinski definition) is 4. The van der Waals surface area contributed by atoms with Crippen LogP contribution in [0.2, 0.25) is 0 Å². The van der Waals surface area contributed by atoms with Gasteiger partial charge in [0.2, 0.25) is 0 Å². The number of fused-ring (bicyclic) bond motifs is 1. The number of esters is 1. The van der Waals surface area contributed by atoms with E-state index < -0.39 is 11.7 Å². The van der Waals surface area contributed by atoms with Crippen LogP contribution in [0, 0.1) is 12.8 Å². The number of amides is 1. The SMILES string of the molecule is CCOC(=O)C1CCCN(C(=O)c2cc3oc(C)cc3n2Cc2ccc(C(F)(F)F)cc2)C1. The molecule has 0 aliphatic carbocycles. The predicted octanol–water partition coefficient (Wildman–Crippen LogP) is 5.03. The smallest absolute Gasteiger partial charge is 0.416 e. The molecule has 1 amide bonds. The lowest BCUT2D eigenvalue weighted by Gasteiger charge is -2.31. The van der Waals surface area contributed by atoms with Gasteiger partial charge >= 0.3 is 12.1 Å². The van der Waals surface area contributed by atoms with Crippen LogP contribution >= 0.6 is 0 Å². The van der Waals surface area contributed by atoms with Crippen molar-refractivity contribution in [3.05, 3.63) is 59.0 Å². The van der Waals surface area contributed by atoms with Crippen LogP contribution in [-0.2, 0) is 22.3 Å². The Balaban J connectivity index is 1.63. The van der Waals surface area contributed by atoms with E-state index >= 15 is 0 Å². The van der Waals surface area contributed by atoms with Crippen LogP contribution in [0.4, 0.5) is 13.2 Å². The lowest BCUT2D eigenvalue weighted by molar-refractivity contribution is -0.149. The Bertz CT molecular complexity index is 1160. The van der Waals surface area contributed by atoms with E-state index in [1.165, 1.54) is 12.1 Å². The first kappa shape index (κ1) is 22.9. The quantitative estimate of drug-likeness (QED) is 0.499. The van der Waals surface area contributed by atoms with Gasteiger partial charge in [-0.25, -0.2) is 0 Å². The van der Waals surface area contributed by atoms with Gasteiger partial charge in [0.1, 0.15) is 11.5 Å². The number of nitrogens with zero attached hydrogens (tertiary/aromatic N) is 2. The molecule has 1 aliphatic heterocycles. The number of benzene rings is 1. The number of halogens is 3. The third-order valence-corrected chi connectivity index (χ3v) is 5.88. The molecule has 1 fully saturated rings. The standard InChI is InChI=1S/C24H25F3N2O4/c1-3-32-23(31)17-5-4-10-28(14-17)22(30)20-12-21-19(11-15(2)33-21)29(20)13-16-6-8-18(9-7-16)24(25,26)27/h6-9,11-12,17H,3-5,10,13-14H2,1-2H3. The lowest BCUT2D eigenvalue weighted by Crippen LogP contribution is -2.43. The fourth-order valence-electron chi connectivity index (χ4n) is 4.27. The minimum Gasteiger partial charge on any atom is -0.466 e. The third kappa shape index (κ3) is 4.77. The minimum atomic E-state index is -4.41. The molecule has 1 atom stereocenters. The minimum absolute atomic E-state index is 0.205. The van der Waals surface area contributed by atoms with Crippen molar-refractivity contribution in [3.63, 3.8) is 0 Å². The maximum absolute atomic E-state index is 13.4. The number of ether oxygens (including phenoxy) is 1. The Morgan fingerprint density at radius 1 is 1.18 bits per heavy atom. The Labute approximate surface area is 188 Å². The molecule has 0 N–H and O–H groups in total. The average molecular weight is 462 g/mol. The highest BCUT2D eigenvalue weighted by atomic mass is 19.4. The molecule has 0 radical (unpaired) electrons. The van der Waals surface area contributed by atoms with Gasteiger partial charge in [-0.2, -0.15) is 13.2 Å². The van der Waals surface area contributed by atoms with E-state index in [1.807, 2.05) is 0 Å². The van der Waals surface area contributed by atoms with Crippen molar-refractivity contribution >= 4 is 23.0 Å². The molecule has 4 rings (SSSR count). The summed E-state index contributed by atoms with van der Waals surface area (Å²) in [5.74, 6) is -0.258. The predicted molar refractivity (Wildman–Crippen MR) is 115 cm³/mol. The molecule has 3 heterocycles. The number of carbonyl (C=O) groups is 2. The normalized spacial score (nSPS) is 16.9. The van der Waals surface area contributed by atoms with Crippen molar-refractivity contribution in [3.8, 4) is 0 Å². The fourth-order valence-corrected chi connectivity index (χ4v) is 4.27. The van der Waals surface area contributed by atoms with E-state index in [0.29, 0.717) is 47.5 Å². The van der Waals surface area contributed by atoms with E-state index in [2.05, 4.69) is 0 Å². The third-order valence-electron chi connectivity index (χ3n) is 5.88. The number of carbonyl (C=O) groups excluding carboxylic acids is 2. The molecule has 33 heavy (non-hydrogen) atoms. The summed E-state index contributed by atoms with van der Waals surface area (Å²) >= 11 is 0. The maximum atomic E-state index is 13.4. The zero-order valence-corrected chi connectivity index (χ0v) is 18.4. The summed E-state index contributed by atoms with van der Waals surface area (Å²) in [7, 11) is 0. The van der Waals surface area contributed by atoms with Gasteiger partial charge in [0.05, 0.1) is 23.6 Å². The van der Waals surface area contributed by atoms with Crippen molar-refractivity contribution in [2.24, 2.45) is 5.92 Å². The number of rotatable bonds is 5. The number of aryl methyl sites for hydroxylation is 1. The molecule has 0 bridgehead atoms. The van der Waals surface area contributed by atoms with Gasteiger partial charge < -0.3 is 18.6 Å². The topological polar surface area (TPSA) is 64.7 Å². The van der Waals surface area contributed by atoms with Crippen LogP contribution in [0.3, 0.4) is 0 Å². The summed E-state index contributed by atoms with van der Waals surface area (Å²) in [5, 5.41) is 0. The van der Waals surface area contributed by atoms with Gasteiger partial charge in [0.15, 0.2) is 5.58 Å². The van der Waals surface area contributed by atoms with Crippen LogP contribution in [-0.4, -0.2) is 41.0 Å². The highest BCUT2D eigenvalue weighted by Crippen LogP contribution is 2.31. The largest absolute Gasteiger partial charge is 0.466 e. The average Bonchev–Trinajstić information content (AvgIpc) is 3.30. The first-order valence-corrected chi connectivity index (χ1v) is 10.9. The second-order valence-corrected chi connectivity index (χ2v) is 8.26. The van der Waals surface area contributed by atoms with Crippen LogP contribution in [0.5, 0.6) is 0 Å². The molecule has 1 unspecified atom stereocenters. The van der Waals surface area contributed by atoms with Crippen LogP contribution in [0.1, 0.15) is 47.1 Å². The van der Waals surface area contributed by atoms with E-state index in [1.54, 1.807) is 35.4 Å². The number of hydrogen-bond donors (Lipinski definition) is 0. The molecule has 6 nitrogen and oxygen atoms in total. The summed E-state index contributed by atoms with van der Waals surface area (Å²) in [6.07, 6.45) is -3.06. The van der Waals surface area contributed by atoms with Crippen molar-refractivity contribution in [1.29, 1.82) is 0 Å². The van der Waals surface area contributed by atoms with E-state index in [-0.39, 0.29) is 37.5 Å². The van der Waals surface area contributed by atoms with Crippen molar-refractivity contribution in [1.82, 2.24) is 9.47 Å². The molecule has 1 aromatic carbocycles. The van der Waals surface area contributed by atoms with Crippen molar-refractivity contribution in [2.45, 2.75) is 39.4 Å². The molecule has 2 aromatic heterocycles. The Morgan fingerprint density at radius 2 is 1.91 bits per heavy atom. The van der Waals surface area contributed by atoms with Crippen molar-refractivity contribution < 1.29 is 31.9 Å². The van der Waals surface area contributed by atoms with E-state index in [9.17, 15) is 22.8 Å². The number of aromatic nitrogens is 1. The summed E-state index contributed by atoms with van der Waals surface area (Å²) in [6, 6.07) is 8.34. The Hall–Kier alpha value is -3.23. The summed E-state index contributed by atoms with van der Waals surface area (Å²) in [4.78, 5) is 27.3. The van der Waals surface area contributed by atoms with Gasteiger partial charge in [-0.3, -0.25) is 9.59 Å². The van der Waals surface area contributed by atoms with Gasteiger partial charge in [0, 0.05) is 31.8 Å². The second-order valence-electron chi connectivity index (χ2n) is 8.26. The van der Waals surface area contributed by atoms with Crippen LogP contribution in [0.15, 0.2) is 40.8 Å². The van der Waals surface area contributed by atoms with Crippen molar-refractivity contribution in [2.75, 3.05) is 19.7 Å². The summed E-state index contributed by atoms with van der Waals surface area (Å²) in [6.45, 7) is 4.81. The molecule has 0 spiro atoms. The lowest BCUT2D eigenvalue weighted by atomic mass is 9.98. The van der Waals surface area contributed by atoms with Gasteiger partial charge in [-0.05, 0) is 44.4 Å². The Kier molecular flexibility index (Phi) is 6.23. The molecular weight excluding hydrogens is 437 g/mol. The molecule has 3 aromatic rings. The number of furan rings is 1. The number of piperidine rings is 1. The molecule has 0 saturated carbocycles. The monoisotopic (exact) mass is 462 g/mol. The van der Waals surface area contributed by atoms with Crippen LogP contribution < -0.4 is 0 Å². The van der Waals surface area contributed by atoms with E-state index in [4.69, 9.17) is 9.15 Å². The molecule has 1 saturated heterocycles. The number of likely N-dealkylation sites (tertiary alicyclic amines) is 1.